The highest BCUT2D eigenvalue weighted by Gasteiger charge is 2.19. The lowest BCUT2D eigenvalue weighted by atomic mass is 10.2. The van der Waals surface area contributed by atoms with Crippen molar-refractivity contribution in [2.75, 3.05) is 6.54 Å². The van der Waals surface area contributed by atoms with Crippen molar-refractivity contribution in [1.29, 1.82) is 0 Å². The standard InChI is InChI=1S/C11H13ClN2O/c12-13-11-7-4-8-14(11)15-9-10-5-2-1-3-6-10/h1-3,5-6H,4,7-9H2. The zero-order valence-corrected chi connectivity index (χ0v) is 9.15. The molecule has 1 fully saturated rings. The molecule has 0 unspecified atom stereocenters. The first-order valence-electron chi connectivity index (χ1n) is 5.02. The van der Waals surface area contributed by atoms with Crippen LogP contribution in [0.5, 0.6) is 0 Å². The van der Waals surface area contributed by atoms with E-state index >= 15 is 0 Å². The molecule has 0 radical (unpaired) electrons. The Morgan fingerprint density at radius 1 is 1.33 bits per heavy atom. The Morgan fingerprint density at radius 2 is 2.13 bits per heavy atom. The molecule has 80 valence electrons. The molecule has 1 aromatic rings. The van der Waals surface area contributed by atoms with E-state index in [-0.39, 0.29) is 0 Å². The van der Waals surface area contributed by atoms with E-state index in [4.69, 9.17) is 16.6 Å². The SMILES string of the molecule is ClN=C1CCCN1OCc1ccccc1. The molecule has 1 aliphatic rings. The van der Waals surface area contributed by atoms with Crippen LogP contribution in [0, 0.1) is 0 Å². The second kappa shape index (κ2) is 5.14. The zero-order chi connectivity index (χ0) is 10.5. The van der Waals surface area contributed by atoms with Crippen LogP contribution in [-0.2, 0) is 11.4 Å². The van der Waals surface area contributed by atoms with E-state index in [9.17, 15) is 0 Å². The number of hydroxylamine groups is 2. The van der Waals surface area contributed by atoms with Crippen molar-refractivity contribution in [3.8, 4) is 0 Å². The minimum Gasteiger partial charge on any atom is -0.267 e. The molecule has 2 rings (SSSR count). The molecule has 0 spiro atoms. The maximum absolute atomic E-state index is 5.61. The van der Waals surface area contributed by atoms with Crippen molar-refractivity contribution in [3.63, 3.8) is 0 Å². The van der Waals surface area contributed by atoms with Gasteiger partial charge in [-0.1, -0.05) is 30.3 Å². The molecule has 0 bridgehead atoms. The van der Waals surface area contributed by atoms with Crippen LogP contribution in [0.2, 0.25) is 0 Å². The van der Waals surface area contributed by atoms with E-state index < -0.39 is 0 Å². The van der Waals surface area contributed by atoms with Crippen molar-refractivity contribution in [1.82, 2.24) is 5.06 Å². The molecule has 0 aliphatic carbocycles. The summed E-state index contributed by atoms with van der Waals surface area (Å²) < 4.78 is 3.67. The lowest BCUT2D eigenvalue weighted by Crippen LogP contribution is -2.24. The molecule has 0 N–H and O–H groups in total. The molecule has 0 aromatic heterocycles. The van der Waals surface area contributed by atoms with Gasteiger partial charge in [-0.25, -0.2) is 5.06 Å². The quantitative estimate of drug-likeness (QED) is 0.789. The third kappa shape index (κ3) is 2.70. The fraction of sp³-hybridized carbons (Fsp3) is 0.364. The van der Waals surface area contributed by atoms with Crippen LogP contribution in [0.25, 0.3) is 0 Å². The fourth-order valence-electron chi connectivity index (χ4n) is 1.58. The Balaban J connectivity index is 1.88. The maximum atomic E-state index is 5.61. The minimum absolute atomic E-state index is 0.566. The lowest BCUT2D eigenvalue weighted by Gasteiger charge is -2.17. The predicted molar refractivity (Wildman–Crippen MR) is 60.5 cm³/mol. The topological polar surface area (TPSA) is 24.8 Å². The lowest BCUT2D eigenvalue weighted by molar-refractivity contribution is -0.103. The van der Waals surface area contributed by atoms with E-state index in [1.165, 1.54) is 0 Å². The van der Waals surface area contributed by atoms with Crippen LogP contribution in [-0.4, -0.2) is 17.4 Å². The van der Waals surface area contributed by atoms with Crippen LogP contribution < -0.4 is 0 Å². The van der Waals surface area contributed by atoms with Gasteiger partial charge in [-0.05, 0) is 12.0 Å². The number of hydrogen-bond donors (Lipinski definition) is 0. The summed E-state index contributed by atoms with van der Waals surface area (Å²) in [6.45, 7) is 1.44. The smallest absolute Gasteiger partial charge is 0.143 e. The maximum Gasteiger partial charge on any atom is 0.143 e. The van der Waals surface area contributed by atoms with Crippen LogP contribution >= 0.6 is 11.8 Å². The third-order valence-electron chi connectivity index (χ3n) is 2.38. The van der Waals surface area contributed by atoms with Crippen molar-refractivity contribution < 1.29 is 4.84 Å². The van der Waals surface area contributed by atoms with Gasteiger partial charge in [0, 0.05) is 24.7 Å². The van der Waals surface area contributed by atoms with E-state index in [2.05, 4.69) is 4.51 Å². The van der Waals surface area contributed by atoms with Gasteiger partial charge in [-0.15, -0.1) is 0 Å². The average Bonchev–Trinajstić information content (AvgIpc) is 2.75. The molecule has 1 aromatic carbocycles. The summed E-state index contributed by atoms with van der Waals surface area (Å²) in [6.07, 6.45) is 1.96. The highest BCUT2D eigenvalue weighted by atomic mass is 35.5. The summed E-state index contributed by atoms with van der Waals surface area (Å²) in [7, 11) is 0. The minimum atomic E-state index is 0.566. The number of hydrogen-bond acceptors (Lipinski definition) is 2. The first-order chi connectivity index (χ1) is 7.40. The number of amidine groups is 1. The van der Waals surface area contributed by atoms with Gasteiger partial charge in [0.25, 0.3) is 0 Å². The third-order valence-corrected chi connectivity index (χ3v) is 2.57. The highest BCUT2D eigenvalue weighted by Crippen LogP contribution is 2.14. The Kier molecular flexibility index (Phi) is 3.59. The number of benzene rings is 1. The summed E-state index contributed by atoms with van der Waals surface area (Å²) in [5.74, 6) is 0.826. The summed E-state index contributed by atoms with van der Waals surface area (Å²) in [4.78, 5) is 5.61. The van der Waals surface area contributed by atoms with Crippen LogP contribution in [0.15, 0.2) is 34.8 Å². The zero-order valence-electron chi connectivity index (χ0n) is 8.40. The molecule has 1 heterocycles. The fourth-order valence-corrected chi connectivity index (χ4v) is 1.75. The van der Waals surface area contributed by atoms with Gasteiger partial charge in [0.2, 0.25) is 0 Å². The number of rotatable bonds is 3. The van der Waals surface area contributed by atoms with E-state index in [1.807, 2.05) is 30.3 Å². The molecular weight excluding hydrogens is 212 g/mol. The molecular formula is C11H13ClN2O. The Labute approximate surface area is 94.4 Å². The first-order valence-corrected chi connectivity index (χ1v) is 5.36. The monoisotopic (exact) mass is 224 g/mol. The van der Waals surface area contributed by atoms with Crippen LogP contribution in [0.1, 0.15) is 18.4 Å². The van der Waals surface area contributed by atoms with Gasteiger partial charge in [0.15, 0.2) is 0 Å². The molecule has 1 saturated heterocycles. The van der Waals surface area contributed by atoms with Crippen LogP contribution in [0.4, 0.5) is 0 Å². The van der Waals surface area contributed by atoms with Crippen molar-refractivity contribution >= 4 is 17.6 Å². The Bertz CT molecular complexity index is 340. The summed E-state index contributed by atoms with van der Waals surface area (Å²) in [5, 5.41) is 1.78. The second-order valence-corrected chi connectivity index (χ2v) is 3.63. The Hall–Kier alpha value is -1.06. The number of nitrogens with zero attached hydrogens (tertiary/aromatic N) is 2. The normalized spacial score (nSPS) is 18.7. The molecule has 4 heteroatoms. The van der Waals surface area contributed by atoms with Crippen molar-refractivity contribution in [2.24, 2.45) is 4.51 Å². The average molecular weight is 225 g/mol. The first kappa shape index (κ1) is 10.5. The molecule has 0 atom stereocenters. The van der Waals surface area contributed by atoms with Gasteiger partial charge < -0.3 is 0 Å². The molecule has 0 amide bonds. The molecule has 3 nitrogen and oxygen atoms in total. The van der Waals surface area contributed by atoms with Gasteiger partial charge >= 0.3 is 0 Å². The highest BCUT2D eigenvalue weighted by molar-refractivity contribution is 6.19. The predicted octanol–water partition coefficient (Wildman–Crippen LogP) is 2.77. The Morgan fingerprint density at radius 3 is 2.87 bits per heavy atom. The van der Waals surface area contributed by atoms with Gasteiger partial charge in [0.05, 0.1) is 6.61 Å². The van der Waals surface area contributed by atoms with E-state index in [1.54, 1.807) is 5.06 Å². The molecule has 15 heavy (non-hydrogen) atoms. The largest absolute Gasteiger partial charge is 0.267 e. The van der Waals surface area contributed by atoms with Gasteiger partial charge in [0.1, 0.15) is 5.84 Å². The van der Waals surface area contributed by atoms with E-state index in [0.29, 0.717) is 6.61 Å². The van der Waals surface area contributed by atoms with Gasteiger partial charge in [-0.2, -0.15) is 4.51 Å². The van der Waals surface area contributed by atoms with Crippen molar-refractivity contribution in [3.05, 3.63) is 35.9 Å². The summed E-state index contributed by atoms with van der Waals surface area (Å²) >= 11 is 5.45. The number of halogens is 1. The van der Waals surface area contributed by atoms with Crippen LogP contribution in [0.3, 0.4) is 0 Å². The van der Waals surface area contributed by atoms with Crippen molar-refractivity contribution in [2.45, 2.75) is 19.4 Å². The second-order valence-electron chi connectivity index (χ2n) is 3.47. The van der Waals surface area contributed by atoms with E-state index in [0.717, 1.165) is 30.8 Å². The molecule has 0 saturated carbocycles. The van der Waals surface area contributed by atoms with Gasteiger partial charge in [-0.3, -0.25) is 4.84 Å². The summed E-state index contributed by atoms with van der Waals surface area (Å²) in [5.41, 5.74) is 1.15. The summed E-state index contributed by atoms with van der Waals surface area (Å²) in [6, 6.07) is 10.1. The molecule has 1 aliphatic heterocycles.